The quantitative estimate of drug-likeness (QED) is 0.763. The average Bonchev–Trinajstić information content (AvgIpc) is 2.50. The lowest BCUT2D eigenvalue weighted by atomic mass is 10.2. The number of esters is 1. The van der Waals surface area contributed by atoms with Gasteiger partial charge in [0.2, 0.25) is 0 Å². The molecule has 1 N–H and O–H groups in total. The third-order valence-electron chi connectivity index (χ3n) is 2.64. The summed E-state index contributed by atoms with van der Waals surface area (Å²) in [5, 5.41) is 3.09. The minimum absolute atomic E-state index is 0.233. The molecule has 0 bridgehead atoms. The van der Waals surface area contributed by atoms with Crippen molar-refractivity contribution in [3.05, 3.63) is 62.5 Å². The first-order valence-electron chi connectivity index (χ1n) is 6.14. The molecule has 2 aromatic rings. The maximum Gasteiger partial charge on any atom is 0.338 e. The van der Waals surface area contributed by atoms with Gasteiger partial charge in [0.05, 0.1) is 21.3 Å². The Bertz CT molecular complexity index is 704. The van der Waals surface area contributed by atoms with Crippen molar-refractivity contribution in [1.29, 1.82) is 0 Å². The molecule has 0 aromatic heterocycles. The third kappa shape index (κ3) is 4.47. The lowest BCUT2D eigenvalue weighted by Crippen LogP contribution is -2.21. The molecular formula is C15H10BrCl2NO3. The van der Waals surface area contributed by atoms with E-state index in [-0.39, 0.29) is 5.02 Å². The molecule has 0 atom stereocenters. The van der Waals surface area contributed by atoms with E-state index in [1.165, 1.54) is 0 Å². The van der Waals surface area contributed by atoms with E-state index in [4.69, 9.17) is 27.9 Å². The maximum absolute atomic E-state index is 11.8. The summed E-state index contributed by atoms with van der Waals surface area (Å²) in [6.45, 7) is -0.419. The zero-order chi connectivity index (χ0) is 16.1. The summed E-state index contributed by atoms with van der Waals surface area (Å²) in [6, 6.07) is 11.5. The van der Waals surface area contributed by atoms with Gasteiger partial charge in [-0.15, -0.1) is 0 Å². The molecular weight excluding hydrogens is 393 g/mol. The van der Waals surface area contributed by atoms with Crippen LogP contribution in [0, 0.1) is 0 Å². The minimum Gasteiger partial charge on any atom is -0.452 e. The molecule has 2 rings (SSSR count). The summed E-state index contributed by atoms with van der Waals surface area (Å²) in [7, 11) is 0. The van der Waals surface area contributed by atoms with Gasteiger partial charge < -0.3 is 10.1 Å². The Morgan fingerprint density at radius 1 is 1.09 bits per heavy atom. The molecule has 0 saturated heterocycles. The van der Waals surface area contributed by atoms with Gasteiger partial charge in [-0.3, -0.25) is 4.79 Å². The largest absolute Gasteiger partial charge is 0.452 e. The number of nitrogens with one attached hydrogen (secondary N) is 1. The molecule has 0 aliphatic carbocycles. The van der Waals surface area contributed by atoms with Crippen LogP contribution in [0.1, 0.15) is 10.4 Å². The summed E-state index contributed by atoms with van der Waals surface area (Å²) in [6.07, 6.45) is 0. The topological polar surface area (TPSA) is 55.4 Å². The lowest BCUT2D eigenvalue weighted by molar-refractivity contribution is -0.119. The standard InChI is InChI=1S/C15H10BrCl2NO3/c16-10-6-4-9(5-7-10)15(21)22-8-13(20)19-12-3-1-2-11(17)14(12)18/h1-7H,8H2,(H,19,20). The van der Waals surface area contributed by atoms with Crippen molar-refractivity contribution in [3.63, 3.8) is 0 Å². The molecule has 0 spiro atoms. The van der Waals surface area contributed by atoms with E-state index in [0.29, 0.717) is 16.3 Å². The fourth-order valence-corrected chi connectivity index (χ4v) is 2.20. The predicted molar refractivity (Wildman–Crippen MR) is 89.5 cm³/mol. The molecule has 0 heterocycles. The van der Waals surface area contributed by atoms with Crippen molar-refractivity contribution in [2.45, 2.75) is 0 Å². The van der Waals surface area contributed by atoms with E-state index in [0.717, 1.165) is 4.47 Å². The highest BCUT2D eigenvalue weighted by Gasteiger charge is 2.12. The second-order valence-corrected chi connectivity index (χ2v) is 5.93. The molecule has 114 valence electrons. The van der Waals surface area contributed by atoms with E-state index in [1.54, 1.807) is 42.5 Å². The Balaban J connectivity index is 1.91. The summed E-state index contributed by atoms with van der Waals surface area (Å²) >= 11 is 15.1. The van der Waals surface area contributed by atoms with Crippen molar-refractivity contribution in [2.75, 3.05) is 11.9 Å². The molecule has 0 radical (unpaired) electrons. The monoisotopic (exact) mass is 401 g/mol. The van der Waals surface area contributed by atoms with Crippen LogP contribution in [0.25, 0.3) is 0 Å². The number of anilines is 1. The smallest absolute Gasteiger partial charge is 0.338 e. The SMILES string of the molecule is O=C(COC(=O)c1ccc(Br)cc1)Nc1cccc(Cl)c1Cl. The van der Waals surface area contributed by atoms with Gasteiger partial charge in [0.15, 0.2) is 6.61 Å². The molecule has 2 aromatic carbocycles. The van der Waals surface area contributed by atoms with Crippen molar-refractivity contribution in [3.8, 4) is 0 Å². The molecule has 0 unspecified atom stereocenters. The Labute approximate surface area is 145 Å². The first-order valence-corrected chi connectivity index (χ1v) is 7.69. The Morgan fingerprint density at radius 3 is 2.45 bits per heavy atom. The minimum atomic E-state index is -0.583. The van der Waals surface area contributed by atoms with Crippen molar-refractivity contribution in [1.82, 2.24) is 0 Å². The molecule has 0 aliphatic rings. The zero-order valence-corrected chi connectivity index (χ0v) is 14.2. The molecule has 0 saturated carbocycles. The van der Waals surface area contributed by atoms with Crippen LogP contribution in [0.5, 0.6) is 0 Å². The van der Waals surface area contributed by atoms with Gasteiger partial charge in [-0.1, -0.05) is 45.2 Å². The molecule has 1 amide bonds. The van der Waals surface area contributed by atoms with Crippen LogP contribution in [0.3, 0.4) is 0 Å². The molecule has 4 nitrogen and oxygen atoms in total. The van der Waals surface area contributed by atoms with Gasteiger partial charge in [0, 0.05) is 4.47 Å². The van der Waals surface area contributed by atoms with E-state index in [1.807, 2.05) is 0 Å². The number of rotatable bonds is 4. The molecule has 0 aliphatic heterocycles. The normalized spacial score (nSPS) is 10.1. The summed E-state index contributed by atoms with van der Waals surface area (Å²) in [4.78, 5) is 23.5. The first-order chi connectivity index (χ1) is 10.5. The highest BCUT2D eigenvalue weighted by molar-refractivity contribution is 9.10. The lowest BCUT2D eigenvalue weighted by Gasteiger charge is -2.08. The molecule has 7 heteroatoms. The fourth-order valence-electron chi connectivity index (χ4n) is 1.59. The van der Waals surface area contributed by atoms with Gasteiger partial charge in [-0.05, 0) is 36.4 Å². The summed E-state index contributed by atoms with van der Waals surface area (Å²) in [5.74, 6) is -1.09. The highest BCUT2D eigenvalue weighted by atomic mass is 79.9. The van der Waals surface area contributed by atoms with E-state index < -0.39 is 18.5 Å². The van der Waals surface area contributed by atoms with Crippen LogP contribution < -0.4 is 5.32 Å². The maximum atomic E-state index is 11.8. The molecule has 0 fully saturated rings. The van der Waals surface area contributed by atoms with Gasteiger partial charge in [-0.2, -0.15) is 0 Å². The number of carbonyl (C=O) groups excluding carboxylic acids is 2. The zero-order valence-electron chi connectivity index (χ0n) is 11.1. The number of amides is 1. The summed E-state index contributed by atoms with van der Waals surface area (Å²) < 4.78 is 5.77. The average molecular weight is 403 g/mol. The van der Waals surface area contributed by atoms with Crippen LogP contribution >= 0.6 is 39.1 Å². The van der Waals surface area contributed by atoms with Crippen molar-refractivity contribution < 1.29 is 14.3 Å². The van der Waals surface area contributed by atoms with E-state index in [9.17, 15) is 9.59 Å². The second kappa shape index (κ2) is 7.63. The van der Waals surface area contributed by atoms with Crippen molar-refractivity contribution in [2.24, 2.45) is 0 Å². The van der Waals surface area contributed by atoms with Crippen LogP contribution in [0.2, 0.25) is 10.0 Å². The number of hydrogen-bond donors (Lipinski definition) is 1. The Kier molecular flexibility index (Phi) is 5.83. The van der Waals surface area contributed by atoms with Crippen LogP contribution in [-0.2, 0) is 9.53 Å². The number of hydrogen-bond acceptors (Lipinski definition) is 3. The highest BCUT2D eigenvalue weighted by Crippen LogP contribution is 2.29. The van der Waals surface area contributed by atoms with E-state index >= 15 is 0 Å². The van der Waals surface area contributed by atoms with Gasteiger partial charge in [0.1, 0.15) is 0 Å². The number of ether oxygens (including phenoxy) is 1. The van der Waals surface area contributed by atoms with Crippen molar-refractivity contribution >= 4 is 56.7 Å². The Morgan fingerprint density at radius 2 is 1.77 bits per heavy atom. The third-order valence-corrected chi connectivity index (χ3v) is 3.99. The van der Waals surface area contributed by atoms with Gasteiger partial charge >= 0.3 is 5.97 Å². The van der Waals surface area contributed by atoms with E-state index in [2.05, 4.69) is 21.2 Å². The number of benzene rings is 2. The van der Waals surface area contributed by atoms with Crippen LogP contribution in [-0.4, -0.2) is 18.5 Å². The first kappa shape index (κ1) is 16.8. The molecule has 22 heavy (non-hydrogen) atoms. The second-order valence-electron chi connectivity index (χ2n) is 4.23. The van der Waals surface area contributed by atoms with Gasteiger partial charge in [-0.25, -0.2) is 4.79 Å². The number of halogens is 3. The van der Waals surface area contributed by atoms with Gasteiger partial charge in [0.25, 0.3) is 5.91 Å². The van der Waals surface area contributed by atoms with Crippen LogP contribution in [0.15, 0.2) is 46.9 Å². The number of carbonyl (C=O) groups is 2. The predicted octanol–water partition coefficient (Wildman–Crippen LogP) is 4.55. The summed E-state index contributed by atoms with van der Waals surface area (Å²) in [5.41, 5.74) is 0.718. The fraction of sp³-hybridized carbons (Fsp3) is 0.0667. The van der Waals surface area contributed by atoms with Crippen LogP contribution in [0.4, 0.5) is 5.69 Å². The Hall–Kier alpha value is -1.56.